The van der Waals surface area contributed by atoms with Crippen LogP contribution in [0.2, 0.25) is 0 Å². The van der Waals surface area contributed by atoms with Gasteiger partial charge in [-0.05, 0) is 60.2 Å². The van der Waals surface area contributed by atoms with Crippen molar-refractivity contribution in [3.8, 4) is 5.75 Å². The van der Waals surface area contributed by atoms with Gasteiger partial charge < -0.3 is 29.6 Å². The van der Waals surface area contributed by atoms with Gasteiger partial charge in [0.25, 0.3) is 5.91 Å². The molecule has 3 N–H and O–H groups in total. The van der Waals surface area contributed by atoms with Crippen LogP contribution in [0.25, 0.3) is 11.0 Å². The minimum Gasteiger partial charge on any atom is -0.497 e. The highest BCUT2D eigenvalue weighted by Crippen LogP contribution is 2.32. The molecule has 0 fully saturated rings. The molecule has 0 aliphatic carbocycles. The van der Waals surface area contributed by atoms with Crippen molar-refractivity contribution in [2.45, 2.75) is 30.1 Å². The number of aliphatic hydroxyl groups is 1. The van der Waals surface area contributed by atoms with Gasteiger partial charge in [0, 0.05) is 25.4 Å². The number of hydrogen-bond donors (Lipinski definition) is 3. The standard InChI is InChI=1S/C31H33FN4O7S/c1-41-24-10-12-25(13-11-24)44(39,40)36(14-16-37)15-17-42-30-19-22(21-6-8-23(32)9-7-21)18-28(43-30)31(38)33-20-29-34-26-4-2-3-5-27(26)35-29/h2-13,18,22,30,37H,14-17,19-20H2,1H3,(H,33,38)(H,34,35)/t22-,30+/m1/s1. The molecular weight excluding hydrogens is 591 g/mol. The molecule has 1 aliphatic heterocycles. The molecule has 0 saturated carbocycles. The number of fused-ring (bicyclic) bond motifs is 1. The summed E-state index contributed by atoms with van der Waals surface area (Å²) < 4.78 is 58.2. The van der Waals surface area contributed by atoms with E-state index in [9.17, 15) is 22.7 Å². The zero-order valence-corrected chi connectivity index (χ0v) is 24.8. The molecule has 11 nitrogen and oxygen atoms in total. The first-order chi connectivity index (χ1) is 21.3. The third-order valence-electron chi connectivity index (χ3n) is 7.13. The lowest BCUT2D eigenvalue weighted by atomic mass is 9.93. The number of hydrogen-bond acceptors (Lipinski definition) is 8. The molecule has 0 spiro atoms. The highest BCUT2D eigenvalue weighted by molar-refractivity contribution is 7.89. The highest BCUT2D eigenvalue weighted by atomic mass is 32.2. The summed E-state index contributed by atoms with van der Waals surface area (Å²) in [5.41, 5.74) is 2.38. The maximum absolute atomic E-state index is 13.6. The van der Waals surface area contributed by atoms with Gasteiger partial charge in [-0.1, -0.05) is 24.3 Å². The number of imidazole rings is 1. The number of aromatic nitrogens is 2. The van der Waals surface area contributed by atoms with E-state index in [2.05, 4.69) is 15.3 Å². The van der Waals surface area contributed by atoms with Crippen molar-refractivity contribution < 1.29 is 36.9 Å². The molecule has 1 aliphatic rings. The largest absolute Gasteiger partial charge is 0.497 e. The molecule has 0 radical (unpaired) electrons. The Labute approximate surface area is 254 Å². The van der Waals surface area contributed by atoms with Crippen LogP contribution in [0.1, 0.15) is 23.7 Å². The molecule has 5 rings (SSSR count). The Morgan fingerprint density at radius 2 is 1.86 bits per heavy atom. The second-order valence-corrected chi connectivity index (χ2v) is 12.0. The van der Waals surface area contributed by atoms with Crippen LogP contribution >= 0.6 is 0 Å². The fraction of sp³-hybridized carbons (Fsp3) is 0.290. The maximum Gasteiger partial charge on any atom is 0.286 e. The molecule has 0 unspecified atom stereocenters. The van der Waals surface area contributed by atoms with Crippen molar-refractivity contribution in [2.24, 2.45) is 0 Å². The number of amides is 1. The summed E-state index contributed by atoms with van der Waals surface area (Å²) in [6.45, 7) is -0.561. The Morgan fingerprint density at radius 3 is 2.57 bits per heavy atom. The van der Waals surface area contributed by atoms with Crippen LogP contribution in [0.3, 0.4) is 0 Å². The molecule has 232 valence electrons. The molecular formula is C31H33FN4O7S. The lowest BCUT2D eigenvalue weighted by Gasteiger charge is -2.30. The summed E-state index contributed by atoms with van der Waals surface area (Å²) in [5, 5.41) is 12.4. The fourth-order valence-corrected chi connectivity index (χ4v) is 6.26. The lowest BCUT2D eigenvalue weighted by Crippen LogP contribution is -2.38. The quantitative estimate of drug-likeness (QED) is 0.205. The number of carbonyl (C=O) groups is 1. The number of sulfonamides is 1. The van der Waals surface area contributed by atoms with Gasteiger partial charge in [0.2, 0.25) is 16.3 Å². The van der Waals surface area contributed by atoms with Crippen LogP contribution in [-0.4, -0.2) is 73.4 Å². The van der Waals surface area contributed by atoms with Gasteiger partial charge in [0.05, 0.1) is 42.8 Å². The number of carbonyl (C=O) groups excluding carboxylic acids is 1. The summed E-state index contributed by atoms with van der Waals surface area (Å²) in [7, 11) is -2.46. The number of rotatable bonds is 13. The maximum atomic E-state index is 13.6. The minimum atomic E-state index is -3.94. The third-order valence-corrected chi connectivity index (χ3v) is 9.04. The summed E-state index contributed by atoms with van der Waals surface area (Å²) in [5.74, 6) is -0.113. The Balaban J connectivity index is 1.26. The monoisotopic (exact) mass is 624 g/mol. The Kier molecular flexibility index (Phi) is 9.90. The topological polar surface area (TPSA) is 143 Å². The zero-order chi connectivity index (χ0) is 31.1. The summed E-state index contributed by atoms with van der Waals surface area (Å²) >= 11 is 0. The molecule has 0 bridgehead atoms. The molecule has 1 amide bonds. The second kappa shape index (κ2) is 14.0. The number of H-pyrrole nitrogens is 1. The number of ether oxygens (including phenoxy) is 3. The van der Waals surface area contributed by atoms with Gasteiger partial charge >= 0.3 is 0 Å². The zero-order valence-electron chi connectivity index (χ0n) is 24.0. The van der Waals surface area contributed by atoms with E-state index in [1.807, 2.05) is 24.3 Å². The van der Waals surface area contributed by atoms with Gasteiger partial charge in [-0.3, -0.25) is 4.79 Å². The number of aliphatic hydroxyl groups excluding tert-OH is 1. The van der Waals surface area contributed by atoms with Gasteiger partial charge in [-0.2, -0.15) is 4.31 Å². The summed E-state index contributed by atoms with van der Waals surface area (Å²) in [4.78, 5) is 20.8. The van der Waals surface area contributed by atoms with Crippen LogP contribution < -0.4 is 10.1 Å². The molecule has 44 heavy (non-hydrogen) atoms. The van der Waals surface area contributed by atoms with Gasteiger partial charge in [-0.15, -0.1) is 0 Å². The van der Waals surface area contributed by atoms with E-state index in [-0.39, 0.29) is 55.2 Å². The first kappa shape index (κ1) is 31.1. The van der Waals surface area contributed by atoms with Crippen LogP contribution in [0.5, 0.6) is 5.75 Å². The van der Waals surface area contributed by atoms with E-state index < -0.39 is 22.2 Å². The predicted octanol–water partition coefficient (Wildman–Crippen LogP) is 3.44. The lowest BCUT2D eigenvalue weighted by molar-refractivity contribution is -0.146. The number of methoxy groups -OCH3 is 1. The average Bonchev–Trinajstić information content (AvgIpc) is 3.46. The number of nitrogens with zero attached hydrogens (tertiary/aromatic N) is 2. The van der Waals surface area contributed by atoms with E-state index in [1.165, 1.54) is 31.4 Å². The van der Waals surface area contributed by atoms with Crippen molar-refractivity contribution in [3.63, 3.8) is 0 Å². The number of benzene rings is 3. The molecule has 2 atom stereocenters. The van der Waals surface area contributed by atoms with Crippen molar-refractivity contribution in [1.29, 1.82) is 0 Å². The van der Waals surface area contributed by atoms with Crippen LogP contribution in [0.15, 0.2) is 89.5 Å². The van der Waals surface area contributed by atoms with Gasteiger partial charge in [0.15, 0.2) is 5.76 Å². The Morgan fingerprint density at radius 1 is 1.11 bits per heavy atom. The minimum absolute atomic E-state index is 0.0183. The molecule has 3 aromatic carbocycles. The van der Waals surface area contributed by atoms with E-state index in [0.29, 0.717) is 18.0 Å². The number of para-hydroxylation sites is 2. The Bertz CT molecular complexity index is 1680. The first-order valence-electron chi connectivity index (χ1n) is 14.0. The molecule has 0 saturated heterocycles. The fourth-order valence-electron chi connectivity index (χ4n) is 4.85. The van der Waals surface area contributed by atoms with Gasteiger partial charge in [0.1, 0.15) is 17.4 Å². The SMILES string of the molecule is COc1ccc(S(=O)(=O)N(CCO)CCO[C@@H]2C[C@H](c3ccc(F)cc3)C=C(C(=O)NCc3nc4ccccc4[nH]3)O2)cc1. The van der Waals surface area contributed by atoms with Crippen LogP contribution in [0.4, 0.5) is 4.39 Å². The predicted molar refractivity (Wildman–Crippen MR) is 159 cm³/mol. The van der Waals surface area contributed by atoms with Crippen molar-refractivity contribution >= 4 is 27.0 Å². The first-order valence-corrected chi connectivity index (χ1v) is 15.4. The smallest absolute Gasteiger partial charge is 0.286 e. The summed E-state index contributed by atoms with van der Waals surface area (Å²) in [6.07, 6.45) is 1.06. The number of nitrogens with one attached hydrogen (secondary N) is 2. The molecule has 4 aromatic rings. The van der Waals surface area contributed by atoms with E-state index in [0.717, 1.165) is 20.9 Å². The number of allylic oxidation sites excluding steroid dienone is 1. The van der Waals surface area contributed by atoms with Crippen molar-refractivity contribution in [2.75, 3.05) is 33.4 Å². The highest BCUT2D eigenvalue weighted by Gasteiger charge is 2.30. The third kappa shape index (κ3) is 7.42. The van der Waals surface area contributed by atoms with E-state index >= 15 is 0 Å². The van der Waals surface area contributed by atoms with E-state index in [1.54, 1.807) is 30.3 Å². The molecule has 1 aromatic heterocycles. The summed E-state index contributed by atoms with van der Waals surface area (Å²) in [6, 6.07) is 19.4. The van der Waals surface area contributed by atoms with Crippen LogP contribution in [-0.2, 0) is 30.8 Å². The molecule has 2 heterocycles. The normalized spacial score (nSPS) is 16.9. The van der Waals surface area contributed by atoms with E-state index in [4.69, 9.17) is 14.2 Å². The van der Waals surface area contributed by atoms with Gasteiger partial charge in [-0.25, -0.2) is 17.8 Å². The van der Waals surface area contributed by atoms with Crippen molar-refractivity contribution in [3.05, 3.63) is 102 Å². The van der Waals surface area contributed by atoms with Crippen LogP contribution in [0, 0.1) is 5.82 Å². The number of halogens is 1. The number of aromatic amines is 1. The molecule has 13 heteroatoms. The Hall–Kier alpha value is -4.30. The van der Waals surface area contributed by atoms with Crippen molar-refractivity contribution in [1.82, 2.24) is 19.6 Å². The average molecular weight is 625 g/mol. The second-order valence-electron chi connectivity index (χ2n) is 10.0.